The normalized spacial score (nSPS) is 23.9. The van der Waals surface area contributed by atoms with Gasteiger partial charge in [0.2, 0.25) is 11.8 Å². The van der Waals surface area contributed by atoms with Crippen molar-refractivity contribution in [2.75, 3.05) is 38.1 Å². The number of fused-ring (bicyclic) bond motifs is 1. The van der Waals surface area contributed by atoms with Gasteiger partial charge in [-0.05, 0) is 37.3 Å². The molecule has 0 bridgehead atoms. The lowest BCUT2D eigenvalue weighted by molar-refractivity contribution is -0.141. The summed E-state index contributed by atoms with van der Waals surface area (Å²) in [6, 6.07) is 8.33. The number of piperidine rings is 1. The number of likely N-dealkylation sites (N-methyl/N-ethyl adjacent to an activating group) is 1. The molecule has 1 unspecified atom stereocenters. The largest absolute Gasteiger partial charge is 0.373 e. The molecule has 1 saturated carbocycles. The summed E-state index contributed by atoms with van der Waals surface area (Å²) in [5.74, 6) is 0.705. The maximum absolute atomic E-state index is 13.1. The van der Waals surface area contributed by atoms with Gasteiger partial charge in [0, 0.05) is 51.4 Å². The minimum atomic E-state index is -0.0352. The van der Waals surface area contributed by atoms with Gasteiger partial charge >= 0.3 is 0 Å². The Labute approximate surface area is 149 Å². The maximum atomic E-state index is 13.1. The molecule has 25 heavy (non-hydrogen) atoms. The summed E-state index contributed by atoms with van der Waals surface area (Å²) in [4.78, 5) is 31.7. The molecular formula is C20H27N3O2. The summed E-state index contributed by atoms with van der Waals surface area (Å²) < 4.78 is 0. The van der Waals surface area contributed by atoms with Gasteiger partial charge in [0.15, 0.2) is 0 Å². The molecule has 1 aromatic rings. The Hall–Kier alpha value is -2.04. The fraction of sp³-hybridized carbons (Fsp3) is 0.600. The molecular weight excluding hydrogens is 314 g/mol. The third kappa shape index (κ3) is 3.37. The highest BCUT2D eigenvalue weighted by Crippen LogP contribution is 2.33. The molecule has 2 aliphatic heterocycles. The second-order valence-electron chi connectivity index (χ2n) is 7.71. The first-order valence-electron chi connectivity index (χ1n) is 9.50. The van der Waals surface area contributed by atoms with Gasteiger partial charge in [0.25, 0.3) is 0 Å². The van der Waals surface area contributed by atoms with Gasteiger partial charge in [-0.25, -0.2) is 0 Å². The lowest BCUT2D eigenvalue weighted by atomic mass is 9.95. The van der Waals surface area contributed by atoms with Crippen molar-refractivity contribution in [1.82, 2.24) is 9.80 Å². The molecule has 2 fully saturated rings. The molecule has 2 amide bonds. The molecule has 2 heterocycles. The van der Waals surface area contributed by atoms with Crippen molar-refractivity contribution in [3.05, 3.63) is 29.8 Å². The van der Waals surface area contributed by atoms with Crippen molar-refractivity contribution in [3.8, 4) is 0 Å². The van der Waals surface area contributed by atoms with Gasteiger partial charge in [-0.1, -0.05) is 18.2 Å². The molecule has 4 rings (SSSR count). The zero-order valence-corrected chi connectivity index (χ0v) is 15.0. The third-order valence-electron chi connectivity index (χ3n) is 5.79. The smallest absolute Gasteiger partial charge is 0.227 e. The van der Waals surface area contributed by atoms with Crippen molar-refractivity contribution >= 4 is 17.5 Å². The van der Waals surface area contributed by atoms with E-state index in [0.29, 0.717) is 13.1 Å². The Kier molecular flexibility index (Phi) is 4.40. The third-order valence-corrected chi connectivity index (χ3v) is 5.79. The summed E-state index contributed by atoms with van der Waals surface area (Å²) in [6.07, 6.45) is 3.91. The van der Waals surface area contributed by atoms with E-state index in [4.69, 9.17) is 0 Å². The fourth-order valence-corrected chi connectivity index (χ4v) is 4.11. The molecule has 1 aromatic carbocycles. The van der Waals surface area contributed by atoms with Crippen LogP contribution in [-0.2, 0) is 16.1 Å². The molecule has 134 valence electrons. The minimum absolute atomic E-state index is 0.0352. The highest BCUT2D eigenvalue weighted by Gasteiger charge is 2.37. The Morgan fingerprint density at radius 1 is 0.920 bits per heavy atom. The number of rotatable bonds is 2. The predicted octanol–water partition coefficient (Wildman–Crippen LogP) is 2.11. The fourth-order valence-electron chi connectivity index (χ4n) is 4.11. The number of hydrogen-bond donors (Lipinski definition) is 0. The molecule has 0 radical (unpaired) electrons. The van der Waals surface area contributed by atoms with Crippen LogP contribution >= 0.6 is 0 Å². The van der Waals surface area contributed by atoms with Crippen LogP contribution in [0.25, 0.3) is 0 Å². The lowest BCUT2D eigenvalue weighted by Crippen LogP contribution is -2.47. The van der Waals surface area contributed by atoms with Crippen molar-refractivity contribution in [2.24, 2.45) is 11.8 Å². The number of carbonyl (C=O) groups excluding carboxylic acids is 2. The van der Waals surface area contributed by atoms with E-state index in [0.717, 1.165) is 45.3 Å². The first kappa shape index (κ1) is 16.4. The number of carbonyl (C=O) groups is 2. The highest BCUT2D eigenvalue weighted by atomic mass is 16.2. The predicted molar refractivity (Wildman–Crippen MR) is 97.2 cm³/mol. The standard InChI is InChI=1S/C20H27N3O2/c1-21-11-12-23(13-16-5-2-3-7-18(16)21)20(25)17-6-4-10-22(14-17)19(24)15-8-9-15/h2-3,5,7,15,17H,4,6,8-14H2,1H3. The van der Waals surface area contributed by atoms with Crippen LogP contribution in [0, 0.1) is 11.8 Å². The molecule has 1 atom stereocenters. The molecule has 0 N–H and O–H groups in total. The number of likely N-dealkylation sites (tertiary alicyclic amines) is 1. The summed E-state index contributed by atoms with van der Waals surface area (Å²) in [6.45, 7) is 3.70. The molecule has 1 saturated heterocycles. The van der Waals surface area contributed by atoms with E-state index in [2.05, 4.69) is 30.1 Å². The first-order valence-corrected chi connectivity index (χ1v) is 9.50. The Morgan fingerprint density at radius 2 is 1.68 bits per heavy atom. The number of nitrogens with zero attached hydrogens (tertiary/aromatic N) is 3. The lowest BCUT2D eigenvalue weighted by Gasteiger charge is -2.35. The van der Waals surface area contributed by atoms with Crippen LogP contribution < -0.4 is 4.90 Å². The van der Waals surface area contributed by atoms with Crippen LogP contribution in [0.15, 0.2) is 24.3 Å². The molecule has 0 aromatic heterocycles. The number of para-hydroxylation sites is 1. The summed E-state index contributed by atoms with van der Waals surface area (Å²) in [5, 5.41) is 0. The first-order chi connectivity index (χ1) is 12.1. The SMILES string of the molecule is CN1CCN(C(=O)C2CCCN(C(=O)C3CC3)C2)Cc2ccccc21. The van der Waals surface area contributed by atoms with Crippen LogP contribution in [-0.4, -0.2) is 54.8 Å². The van der Waals surface area contributed by atoms with Gasteiger partial charge in [0.1, 0.15) is 0 Å². The Bertz CT molecular complexity index is 671. The molecule has 5 heteroatoms. The Morgan fingerprint density at radius 3 is 2.48 bits per heavy atom. The topological polar surface area (TPSA) is 43.9 Å². The molecule has 5 nitrogen and oxygen atoms in total. The van der Waals surface area contributed by atoms with Gasteiger partial charge in [-0.15, -0.1) is 0 Å². The zero-order valence-electron chi connectivity index (χ0n) is 15.0. The van der Waals surface area contributed by atoms with E-state index in [1.165, 1.54) is 11.3 Å². The van der Waals surface area contributed by atoms with Crippen LogP contribution in [0.5, 0.6) is 0 Å². The molecule has 0 spiro atoms. The number of amides is 2. The van der Waals surface area contributed by atoms with Crippen molar-refractivity contribution in [2.45, 2.75) is 32.2 Å². The van der Waals surface area contributed by atoms with E-state index in [-0.39, 0.29) is 23.7 Å². The monoisotopic (exact) mass is 341 g/mol. The minimum Gasteiger partial charge on any atom is -0.373 e. The van der Waals surface area contributed by atoms with Gasteiger partial charge in [0.05, 0.1) is 5.92 Å². The van der Waals surface area contributed by atoms with E-state index >= 15 is 0 Å². The number of benzene rings is 1. The van der Waals surface area contributed by atoms with Gasteiger partial charge in [-0.2, -0.15) is 0 Å². The number of hydrogen-bond acceptors (Lipinski definition) is 3. The van der Waals surface area contributed by atoms with Crippen LogP contribution in [0.3, 0.4) is 0 Å². The van der Waals surface area contributed by atoms with E-state index in [1.807, 2.05) is 15.9 Å². The van der Waals surface area contributed by atoms with Gasteiger partial charge < -0.3 is 14.7 Å². The second kappa shape index (κ2) is 6.70. The van der Waals surface area contributed by atoms with E-state index in [9.17, 15) is 9.59 Å². The summed E-state index contributed by atoms with van der Waals surface area (Å²) >= 11 is 0. The highest BCUT2D eigenvalue weighted by molar-refractivity contribution is 5.83. The maximum Gasteiger partial charge on any atom is 0.227 e. The summed E-state index contributed by atoms with van der Waals surface area (Å²) in [5.41, 5.74) is 2.42. The average molecular weight is 341 g/mol. The van der Waals surface area contributed by atoms with Crippen LogP contribution in [0.4, 0.5) is 5.69 Å². The quantitative estimate of drug-likeness (QED) is 0.828. The molecule has 3 aliphatic rings. The van der Waals surface area contributed by atoms with E-state index < -0.39 is 0 Å². The Balaban J connectivity index is 1.46. The number of anilines is 1. The second-order valence-corrected chi connectivity index (χ2v) is 7.71. The van der Waals surface area contributed by atoms with Crippen LogP contribution in [0.2, 0.25) is 0 Å². The zero-order chi connectivity index (χ0) is 17.4. The van der Waals surface area contributed by atoms with Crippen molar-refractivity contribution in [1.29, 1.82) is 0 Å². The van der Waals surface area contributed by atoms with E-state index in [1.54, 1.807) is 0 Å². The average Bonchev–Trinajstić information content (AvgIpc) is 3.49. The van der Waals surface area contributed by atoms with Crippen molar-refractivity contribution in [3.63, 3.8) is 0 Å². The van der Waals surface area contributed by atoms with Crippen molar-refractivity contribution < 1.29 is 9.59 Å². The van der Waals surface area contributed by atoms with Gasteiger partial charge in [-0.3, -0.25) is 9.59 Å². The summed E-state index contributed by atoms with van der Waals surface area (Å²) in [7, 11) is 2.09. The van der Waals surface area contributed by atoms with Crippen LogP contribution in [0.1, 0.15) is 31.2 Å². The molecule has 1 aliphatic carbocycles.